The molecule has 3 heteroatoms. The van der Waals surface area contributed by atoms with E-state index < -0.39 is 0 Å². The third-order valence-electron chi connectivity index (χ3n) is 3.20. The Bertz CT molecular complexity index is 366. The molecule has 0 aromatic heterocycles. The molecule has 18 heavy (non-hydrogen) atoms. The van der Waals surface area contributed by atoms with E-state index in [1.54, 1.807) is 14.2 Å². The zero-order valence-corrected chi connectivity index (χ0v) is 12.1. The van der Waals surface area contributed by atoms with Gasteiger partial charge in [-0.15, -0.1) is 0 Å². The van der Waals surface area contributed by atoms with Gasteiger partial charge in [0.05, 0.1) is 13.7 Å². The van der Waals surface area contributed by atoms with Gasteiger partial charge in [0, 0.05) is 24.8 Å². The van der Waals surface area contributed by atoms with Crippen LogP contribution in [0.2, 0.25) is 0 Å². The summed E-state index contributed by atoms with van der Waals surface area (Å²) in [4.78, 5) is 0. The number of rotatable bonds is 7. The number of nitrogens with one attached hydrogen (secondary N) is 1. The summed E-state index contributed by atoms with van der Waals surface area (Å²) in [5, 5.41) is 3.57. The average molecular weight is 251 g/mol. The first-order valence-corrected chi connectivity index (χ1v) is 6.51. The topological polar surface area (TPSA) is 30.5 Å². The molecule has 0 aliphatic rings. The van der Waals surface area contributed by atoms with Gasteiger partial charge in [-0.05, 0) is 31.9 Å². The van der Waals surface area contributed by atoms with Gasteiger partial charge in [-0.1, -0.05) is 19.1 Å². The summed E-state index contributed by atoms with van der Waals surface area (Å²) in [6, 6.07) is 6.94. The largest absolute Gasteiger partial charge is 0.496 e. The highest BCUT2D eigenvalue weighted by Gasteiger charge is 2.15. The molecule has 1 aromatic rings. The lowest BCUT2D eigenvalue weighted by Gasteiger charge is -2.23. The van der Waals surface area contributed by atoms with E-state index in [4.69, 9.17) is 9.47 Å². The second-order valence-corrected chi connectivity index (χ2v) is 4.69. The Hall–Kier alpha value is -1.06. The van der Waals surface area contributed by atoms with Gasteiger partial charge in [-0.2, -0.15) is 0 Å². The predicted molar refractivity (Wildman–Crippen MR) is 75.2 cm³/mol. The first-order chi connectivity index (χ1) is 8.62. The summed E-state index contributed by atoms with van der Waals surface area (Å²) in [6.07, 6.45) is 1.05. The minimum atomic E-state index is 0.251. The molecule has 0 aliphatic heterocycles. The first kappa shape index (κ1) is 15.0. The highest BCUT2D eigenvalue weighted by Crippen LogP contribution is 2.26. The van der Waals surface area contributed by atoms with Gasteiger partial charge in [0.2, 0.25) is 0 Å². The van der Waals surface area contributed by atoms with E-state index >= 15 is 0 Å². The third kappa shape index (κ3) is 4.00. The highest BCUT2D eigenvalue weighted by molar-refractivity contribution is 5.39. The lowest BCUT2D eigenvalue weighted by atomic mass is 10.0. The fourth-order valence-electron chi connectivity index (χ4n) is 2.10. The van der Waals surface area contributed by atoms with Crippen molar-refractivity contribution in [3.63, 3.8) is 0 Å². The maximum absolute atomic E-state index is 5.45. The molecular weight excluding hydrogens is 226 g/mol. The monoisotopic (exact) mass is 251 g/mol. The zero-order valence-electron chi connectivity index (χ0n) is 12.1. The van der Waals surface area contributed by atoms with Crippen LogP contribution >= 0.6 is 0 Å². The summed E-state index contributed by atoms with van der Waals surface area (Å²) in [6.45, 7) is 7.13. The van der Waals surface area contributed by atoms with Gasteiger partial charge in [-0.25, -0.2) is 0 Å². The number of ether oxygens (including phenoxy) is 2. The molecule has 0 aliphatic carbocycles. The molecule has 0 amide bonds. The van der Waals surface area contributed by atoms with E-state index in [2.05, 4.69) is 44.3 Å². The normalized spacial score (nSPS) is 14.3. The van der Waals surface area contributed by atoms with E-state index in [0.717, 1.165) is 18.8 Å². The second-order valence-electron chi connectivity index (χ2n) is 4.69. The minimum Gasteiger partial charge on any atom is -0.496 e. The van der Waals surface area contributed by atoms with Crippen molar-refractivity contribution in [2.45, 2.75) is 39.3 Å². The summed E-state index contributed by atoms with van der Waals surface area (Å²) < 4.78 is 10.7. The summed E-state index contributed by atoms with van der Waals surface area (Å²) in [7, 11) is 3.46. The quantitative estimate of drug-likeness (QED) is 0.808. The lowest BCUT2D eigenvalue weighted by molar-refractivity contribution is 0.159. The van der Waals surface area contributed by atoms with Crippen LogP contribution in [0.4, 0.5) is 0 Å². The SMILES string of the molecule is CCC(COC)NC(C)c1ccc(C)cc1OC. The van der Waals surface area contributed by atoms with Crippen LogP contribution in [0.5, 0.6) is 5.75 Å². The van der Waals surface area contributed by atoms with E-state index in [9.17, 15) is 0 Å². The van der Waals surface area contributed by atoms with Crippen molar-refractivity contribution in [3.05, 3.63) is 29.3 Å². The maximum Gasteiger partial charge on any atom is 0.123 e. The molecule has 0 fully saturated rings. The van der Waals surface area contributed by atoms with Crippen molar-refractivity contribution in [1.29, 1.82) is 0 Å². The Kier molecular flexibility index (Phi) is 6.16. The van der Waals surface area contributed by atoms with Crippen LogP contribution in [-0.4, -0.2) is 26.9 Å². The molecule has 2 unspecified atom stereocenters. The van der Waals surface area contributed by atoms with Gasteiger partial charge in [0.1, 0.15) is 5.75 Å². The molecule has 0 radical (unpaired) electrons. The van der Waals surface area contributed by atoms with Crippen LogP contribution in [0.25, 0.3) is 0 Å². The van der Waals surface area contributed by atoms with E-state index in [-0.39, 0.29) is 6.04 Å². The molecule has 1 rings (SSSR count). The highest BCUT2D eigenvalue weighted by atomic mass is 16.5. The molecule has 1 N–H and O–H groups in total. The molecule has 2 atom stereocenters. The number of hydrogen-bond donors (Lipinski definition) is 1. The summed E-state index contributed by atoms with van der Waals surface area (Å²) in [5.74, 6) is 0.947. The number of aryl methyl sites for hydroxylation is 1. The van der Waals surface area contributed by atoms with Crippen LogP contribution in [0.15, 0.2) is 18.2 Å². The summed E-state index contributed by atoms with van der Waals surface area (Å²) >= 11 is 0. The Morgan fingerprint density at radius 3 is 2.56 bits per heavy atom. The van der Waals surface area contributed by atoms with Crippen LogP contribution in [-0.2, 0) is 4.74 Å². The fourth-order valence-corrected chi connectivity index (χ4v) is 2.10. The number of methoxy groups -OCH3 is 2. The molecule has 0 spiro atoms. The minimum absolute atomic E-state index is 0.251. The van der Waals surface area contributed by atoms with Crippen molar-refractivity contribution in [1.82, 2.24) is 5.32 Å². The second kappa shape index (κ2) is 7.39. The van der Waals surface area contributed by atoms with Crippen LogP contribution in [0.1, 0.15) is 37.4 Å². The van der Waals surface area contributed by atoms with Crippen molar-refractivity contribution < 1.29 is 9.47 Å². The van der Waals surface area contributed by atoms with Crippen LogP contribution in [0, 0.1) is 6.92 Å². The molecule has 102 valence electrons. The Labute approximate surface area is 110 Å². The molecule has 3 nitrogen and oxygen atoms in total. The maximum atomic E-state index is 5.45. The Morgan fingerprint density at radius 1 is 1.28 bits per heavy atom. The molecule has 1 aromatic carbocycles. The van der Waals surface area contributed by atoms with Gasteiger partial charge in [-0.3, -0.25) is 0 Å². The van der Waals surface area contributed by atoms with E-state index in [1.165, 1.54) is 11.1 Å². The van der Waals surface area contributed by atoms with Crippen LogP contribution in [0.3, 0.4) is 0 Å². The van der Waals surface area contributed by atoms with Crippen LogP contribution < -0.4 is 10.1 Å². The number of benzene rings is 1. The first-order valence-electron chi connectivity index (χ1n) is 6.51. The van der Waals surface area contributed by atoms with Gasteiger partial charge < -0.3 is 14.8 Å². The van der Waals surface area contributed by atoms with Crippen molar-refractivity contribution >= 4 is 0 Å². The fraction of sp³-hybridized carbons (Fsp3) is 0.600. The van der Waals surface area contributed by atoms with Crippen molar-refractivity contribution in [2.24, 2.45) is 0 Å². The van der Waals surface area contributed by atoms with Gasteiger partial charge >= 0.3 is 0 Å². The van der Waals surface area contributed by atoms with Crippen molar-refractivity contribution in [2.75, 3.05) is 20.8 Å². The van der Waals surface area contributed by atoms with Gasteiger partial charge in [0.25, 0.3) is 0 Å². The number of hydrogen-bond acceptors (Lipinski definition) is 3. The Balaban J connectivity index is 2.79. The lowest BCUT2D eigenvalue weighted by Crippen LogP contribution is -2.34. The molecule has 0 saturated carbocycles. The molecule has 0 saturated heterocycles. The van der Waals surface area contributed by atoms with E-state index in [1.807, 2.05) is 0 Å². The smallest absolute Gasteiger partial charge is 0.123 e. The average Bonchev–Trinajstić information content (AvgIpc) is 2.37. The molecule has 0 bridgehead atoms. The molecule has 0 heterocycles. The zero-order chi connectivity index (χ0) is 13.5. The Morgan fingerprint density at radius 2 is 2.00 bits per heavy atom. The van der Waals surface area contributed by atoms with E-state index in [0.29, 0.717) is 6.04 Å². The summed E-state index contributed by atoms with van der Waals surface area (Å²) in [5.41, 5.74) is 2.41. The molecular formula is C15H25NO2. The third-order valence-corrected chi connectivity index (χ3v) is 3.20. The van der Waals surface area contributed by atoms with Crippen molar-refractivity contribution in [3.8, 4) is 5.75 Å². The standard InChI is InChI=1S/C15H25NO2/c1-6-13(10-17-4)16-12(3)14-8-7-11(2)9-15(14)18-5/h7-9,12-13,16H,6,10H2,1-5H3. The predicted octanol–water partition coefficient (Wildman–Crippen LogP) is 3.08. The van der Waals surface area contributed by atoms with Gasteiger partial charge in [0.15, 0.2) is 0 Å².